The van der Waals surface area contributed by atoms with Crippen molar-refractivity contribution < 1.29 is 23.8 Å². The van der Waals surface area contributed by atoms with Gasteiger partial charge in [0.25, 0.3) is 5.91 Å². The Hall–Kier alpha value is -3.87. The van der Waals surface area contributed by atoms with Crippen LogP contribution >= 0.6 is 0 Å². The largest absolute Gasteiger partial charge is 0.484 e. The van der Waals surface area contributed by atoms with Gasteiger partial charge in [-0.3, -0.25) is 4.79 Å². The average Bonchev–Trinajstić information content (AvgIpc) is 2.77. The van der Waals surface area contributed by atoms with Crippen molar-refractivity contribution >= 4 is 28.9 Å². The van der Waals surface area contributed by atoms with Gasteiger partial charge in [-0.05, 0) is 42.0 Å². The lowest BCUT2D eigenvalue weighted by atomic mass is 10.1. The molecule has 154 valence electrons. The maximum Gasteiger partial charge on any atom is 0.344 e. The number of nitrogens with one attached hydrogen (secondary N) is 1. The number of nitrogens with zero attached hydrogens (tertiary/aromatic N) is 1. The Labute approximate surface area is 174 Å². The second-order valence-electron chi connectivity index (χ2n) is 6.22. The van der Waals surface area contributed by atoms with E-state index in [1.165, 1.54) is 6.21 Å². The summed E-state index contributed by atoms with van der Waals surface area (Å²) in [5, 5.41) is 6.06. The van der Waals surface area contributed by atoms with Crippen LogP contribution in [0.3, 0.4) is 0 Å². The number of hydrogen-bond acceptors (Lipinski definition) is 6. The van der Waals surface area contributed by atoms with Crippen molar-refractivity contribution in [3.05, 3.63) is 72.3 Å². The van der Waals surface area contributed by atoms with Gasteiger partial charge in [-0.2, -0.15) is 5.10 Å². The first kappa shape index (κ1) is 20.9. The Morgan fingerprint density at radius 2 is 1.70 bits per heavy atom. The number of benzene rings is 3. The minimum atomic E-state index is -0.455. The summed E-state index contributed by atoms with van der Waals surface area (Å²) in [6.07, 6.45) is 1.44. The lowest BCUT2D eigenvalue weighted by Gasteiger charge is -2.08. The summed E-state index contributed by atoms with van der Waals surface area (Å²) in [6, 6.07) is 20.6. The first-order valence-corrected chi connectivity index (χ1v) is 9.46. The smallest absolute Gasteiger partial charge is 0.344 e. The number of hydrazone groups is 1. The summed E-state index contributed by atoms with van der Waals surface area (Å²) in [7, 11) is 0. The molecule has 0 unspecified atom stereocenters. The predicted molar refractivity (Wildman–Crippen MR) is 114 cm³/mol. The number of rotatable bonds is 9. The lowest BCUT2D eigenvalue weighted by molar-refractivity contribution is -0.145. The molecule has 7 nitrogen and oxygen atoms in total. The number of hydrogen-bond donors (Lipinski definition) is 1. The van der Waals surface area contributed by atoms with Gasteiger partial charge in [0.2, 0.25) is 0 Å². The zero-order valence-electron chi connectivity index (χ0n) is 16.5. The van der Waals surface area contributed by atoms with E-state index in [1.807, 2.05) is 42.5 Å². The predicted octanol–water partition coefficient (Wildman–Crippen LogP) is 3.31. The Morgan fingerprint density at radius 3 is 2.53 bits per heavy atom. The van der Waals surface area contributed by atoms with Gasteiger partial charge >= 0.3 is 5.97 Å². The molecule has 0 spiro atoms. The van der Waals surface area contributed by atoms with Crippen LogP contribution in [0.5, 0.6) is 11.5 Å². The topological polar surface area (TPSA) is 86.2 Å². The average molecular weight is 406 g/mol. The van der Waals surface area contributed by atoms with Crippen molar-refractivity contribution in [1.29, 1.82) is 0 Å². The minimum absolute atomic E-state index is 0.170. The number of carbonyl (C=O) groups excluding carboxylic acids is 2. The summed E-state index contributed by atoms with van der Waals surface area (Å²) in [5.74, 6) is 0.203. The molecule has 0 aliphatic heterocycles. The molecule has 0 fully saturated rings. The molecule has 0 radical (unpaired) electrons. The maximum atomic E-state index is 12.0. The Kier molecular flexibility index (Phi) is 7.38. The van der Waals surface area contributed by atoms with E-state index >= 15 is 0 Å². The molecule has 0 heterocycles. The molecule has 0 aliphatic carbocycles. The second-order valence-corrected chi connectivity index (χ2v) is 6.22. The molecule has 1 N–H and O–H groups in total. The van der Waals surface area contributed by atoms with Crippen molar-refractivity contribution in [3.63, 3.8) is 0 Å². The summed E-state index contributed by atoms with van der Waals surface area (Å²) in [6.45, 7) is 1.64. The minimum Gasteiger partial charge on any atom is -0.484 e. The molecule has 3 aromatic rings. The van der Waals surface area contributed by atoms with Gasteiger partial charge in [0, 0.05) is 5.56 Å². The molecule has 3 rings (SSSR count). The first-order chi connectivity index (χ1) is 14.7. The summed E-state index contributed by atoms with van der Waals surface area (Å²) in [4.78, 5) is 23.4. The molecule has 0 saturated heterocycles. The van der Waals surface area contributed by atoms with E-state index in [-0.39, 0.29) is 13.2 Å². The standard InChI is InChI=1S/C23H22N2O5/c1-2-28-23(27)16-30-21-10-6-5-9-19(21)14-24-25-22(26)15-29-20-12-11-17-7-3-4-8-18(17)13-20/h3-14H,2,15-16H2,1H3,(H,25,26)/b24-14-. The number of esters is 1. The highest BCUT2D eigenvalue weighted by Gasteiger charge is 2.06. The molecule has 0 aromatic heterocycles. The van der Waals surface area contributed by atoms with Gasteiger partial charge in [-0.1, -0.05) is 42.5 Å². The summed E-state index contributed by atoms with van der Waals surface area (Å²) >= 11 is 0. The van der Waals surface area contributed by atoms with Crippen LogP contribution in [0.4, 0.5) is 0 Å². The van der Waals surface area contributed by atoms with Gasteiger partial charge < -0.3 is 14.2 Å². The Balaban J connectivity index is 1.51. The number of para-hydroxylation sites is 1. The van der Waals surface area contributed by atoms with Crippen molar-refractivity contribution in [1.82, 2.24) is 5.43 Å². The van der Waals surface area contributed by atoms with Crippen LogP contribution < -0.4 is 14.9 Å². The third kappa shape index (κ3) is 6.07. The Morgan fingerprint density at radius 1 is 0.933 bits per heavy atom. The zero-order chi connectivity index (χ0) is 21.2. The Bertz CT molecular complexity index is 1050. The molecule has 0 atom stereocenters. The molecule has 30 heavy (non-hydrogen) atoms. The summed E-state index contributed by atoms with van der Waals surface area (Å²) in [5.41, 5.74) is 3.02. The van der Waals surface area contributed by atoms with Gasteiger partial charge in [0.1, 0.15) is 11.5 Å². The molecule has 0 aliphatic rings. The fourth-order valence-corrected chi connectivity index (χ4v) is 2.67. The molecule has 3 aromatic carbocycles. The molecule has 1 amide bonds. The van der Waals surface area contributed by atoms with Crippen LogP contribution in [0, 0.1) is 0 Å². The van der Waals surface area contributed by atoms with E-state index < -0.39 is 11.9 Å². The van der Waals surface area contributed by atoms with E-state index in [9.17, 15) is 9.59 Å². The van der Waals surface area contributed by atoms with E-state index in [0.717, 1.165) is 10.8 Å². The second kappa shape index (κ2) is 10.6. The SMILES string of the molecule is CCOC(=O)COc1ccccc1/C=N\NC(=O)COc1ccc2ccccc2c1. The van der Waals surface area contributed by atoms with E-state index in [0.29, 0.717) is 23.7 Å². The number of ether oxygens (including phenoxy) is 3. The van der Waals surface area contributed by atoms with Crippen molar-refractivity contribution in [2.45, 2.75) is 6.92 Å². The lowest BCUT2D eigenvalue weighted by Crippen LogP contribution is -2.24. The van der Waals surface area contributed by atoms with Crippen LogP contribution in [0.15, 0.2) is 71.8 Å². The molecule has 0 bridgehead atoms. The highest BCUT2D eigenvalue weighted by Crippen LogP contribution is 2.20. The van der Waals surface area contributed by atoms with Crippen molar-refractivity contribution in [2.75, 3.05) is 19.8 Å². The van der Waals surface area contributed by atoms with E-state index in [4.69, 9.17) is 14.2 Å². The quantitative estimate of drug-likeness (QED) is 0.335. The molecular formula is C23H22N2O5. The van der Waals surface area contributed by atoms with Crippen LogP contribution in [0.2, 0.25) is 0 Å². The highest BCUT2D eigenvalue weighted by atomic mass is 16.6. The third-order valence-electron chi connectivity index (χ3n) is 4.05. The third-order valence-corrected chi connectivity index (χ3v) is 4.05. The van der Waals surface area contributed by atoms with Gasteiger partial charge in [-0.25, -0.2) is 10.2 Å². The number of fused-ring (bicyclic) bond motifs is 1. The van der Waals surface area contributed by atoms with Crippen molar-refractivity contribution in [2.24, 2.45) is 5.10 Å². The van der Waals surface area contributed by atoms with Gasteiger partial charge in [0.05, 0.1) is 12.8 Å². The number of amides is 1. The normalized spacial score (nSPS) is 10.7. The van der Waals surface area contributed by atoms with Crippen molar-refractivity contribution in [3.8, 4) is 11.5 Å². The highest BCUT2D eigenvalue weighted by molar-refractivity contribution is 5.86. The van der Waals surface area contributed by atoms with Crippen LogP contribution in [-0.4, -0.2) is 37.9 Å². The maximum absolute atomic E-state index is 12.0. The van der Waals surface area contributed by atoms with Gasteiger partial charge in [0.15, 0.2) is 13.2 Å². The fraction of sp³-hybridized carbons (Fsp3) is 0.174. The van der Waals surface area contributed by atoms with E-state index in [2.05, 4.69) is 10.5 Å². The molecule has 7 heteroatoms. The first-order valence-electron chi connectivity index (χ1n) is 9.46. The van der Waals surface area contributed by atoms with Crippen LogP contribution in [0.25, 0.3) is 10.8 Å². The zero-order valence-corrected chi connectivity index (χ0v) is 16.5. The van der Waals surface area contributed by atoms with E-state index in [1.54, 1.807) is 31.2 Å². The monoisotopic (exact) mass is 406 g/mol. The fourth-order valence-electron chi connectivity index (χ4n) is 2.67. The molecular weight excluding hydrogens is 384 g/mol. The summed E-state index contributed by atoms with van der Waals surface area (Å²) < 4.78 is 15.8. The van der Waals surface area contributed by atoms with Crippen LogP contribution in [-0.2, 0) is 14.3 Å². The van der Waals surface area contributed by atoms with Gasteiger partial charge in [-0.15, -0.1) is 0 Å². The molecule has 0 saturated carbocycles. The number of carbonyl (C=O) groups is 2. The van der Waals surface area contributed by atoms with Crippen LogP contribution in [0.1, 0.15) is 12.5 Å².